The minimum Gasteiger partial charge on any atom is -0.376 e. The lowest BCUT2D eigenvalue weighted by Gasteiger charge is -2.10. The zero-order chi connectivity index (χ0) is 13.1. The number of aromatic nitrogens is 4. The molecule has 1 saturated heterocycles. The van der Waals surface area contributed by atoms with Crippen LogP contribution >= 0.6 is 0 Å². The predicted octanol–water partition coefficient (Wildman–Crippen LogP) is 0.142. The van der Waals surface area contributed by atoms with Gasteiger partial charge in [-0.1, -0.05) is 5.10 Å². The number of ether oxygens (including phenoxy) is 2. The fourth-order valence-corrected chi connectivity index (χ4v) is 2.06. The van der Waals surface area contributed by atoms with Crippen LogP contribution in [-0.4, -0.2) is 52.0 Å². The van der Waals surface area contributed by atoms with E-state index in [2.05, 4.69) is 20.8 Å². The van der Waals surface area contributed by atoms with Crippen molar-refractivity contribution in [3.8, 4) is 0 Å². The SMILES string of the molecule is O=C(COCC1CCCO1)Nc1nnnn1C1CC1. The highest BCUT2D eigenvalue weighted by Gasteiger charge is 2.28. The molecule has 1 N–H and O–H groups in total. The Balaban J connectivity index is 1.41. The Morgan fingerprint density at radius 3 is 3.11 bits per heavy atom. The number of hydrogen-bond donors (Lipinski definition) is 1. The fourth-order valence-electron chi connectivity index (χ4n) is 2.06. The molecule has 1 amide bonds. The first-order chi connectivity index (χ1) is 9.33. The van der Waals surface area contributed by atoms with E-state index in [1.165, 1.54) is 0 Å². The second-order valence-corrected chi connectivity index (χ2v) is 4.88. The summed E-state index contributed by atoms with van der Waals surface area (Å²) in [6.07, 6.45) is 4.31. The van der Waals surface area contributed by atoms with E-state index >= 15 is 0 Å². The molecule has 1 aromatic heterocycles. The highest BCUT2D eigenvalue weighted by atomic mass is 16.5. The van der Waals surface area contributed by atoms with Gasteiger partial charge in [-0.25, -0.2) is 4.68 Å². The molecule has 0 radical (unpaired) electrons. The minimum absolute atomic E-state index is 0.00259. The minimum atomic E-state index is -0.241. The van der Waals surface area contributed by atoms with Gasteiger partial charge in [-0.05, 0) is 36.1 Å². The van der Waals surface area contributed by atoms with Gasteiger partial charge in [0.1, 0.15) is 6.61 Å². The molecule has 0 spiro atoms. The summed E-state index contributed by atoms with van der Waals surface area (Å²) >= 11 is 0. The van der Waals surface area contributed by atoms with Crippen LogP contribution in [0.2, 0.25) is 0 Å². The smallest absolute Gasteiger partial charge is 0.252 e. The van der Waals surface area contributed by atoms with E-state index in [-0.39, 0.29) is 18.6 Å². The average molecular weight is 267 g/mol. The molecular formula is C11H17N5O3. The third-order valence-corrected chi connectivity index (χ3v) is 3.20. The van der Waals surface area contributed by atoms with Crippen molar-refractivity contribution >= 4 is 11.9 Å². The molecule has 1 aliphatic heterocycles. The number of tetrazole rings is 1. The number of rotatable bonds is 6. The highest BCUT2D eigenvalue weighted by molar-refractivity contribution is 5.89. The van der Waals surface area contributed by atoms with Crippen LogP contribution in [0.4, 0.5) is 5.95 Å². The van der Waals surface area contributed by atoms with Crippen molar-refractivity contribution in [2.45, 2.75) is 37.8 Å². The number of amides is 1. The summed E-state index contributed by atoms with van der Waals surface area (Å²) in [5.41, 5.74) is 0. The molecule has 1 unspecified atom stereocenters. The van der Waals surface area contributed by atoms with Gasteiger partial charge in [0.2, 0.25) is 5.95 Å². The lowest BCUT2D eigenvalue weighted by Crippen LogP contribution is -2.24. The predicted molar refractivity (Wildman–Crippen MR) is 64.5 cm³/mol. The van der Waals surface area contributed by atoms with Gasteiger partial charge < -0.3 is 9.47 Å². The zero-order valence-corrected chi connectivity index (χ0v) is 10.6. The summed E-state index contributed by atoms with van der Waals surface area (Å²) in [6, 6.07) is 0.332. The third-order valence-electron chi connectivity index (χ3n) is 3.20. The Labute approximate surface area is 110 Å². The summed E-state index contributed by atoms with van der Waals surface area (Å²) in [4.78, 5) is 11.7. The highest BCUT2D eigenvalue weighted by Crippen LogP contribution is 2.35. The molecule has 3 rings (SSSR count). The molecule has 104 valence electrons. The average Bonchev–Trinajstić information content (AvgIpc) is 2.91. The molecule has 1 aliphatic carbocycles. The molecule has 2 heterocycles. The Kier molecular flexibility index (Phi) is 3.69. The van der Waals surface area contributed by atoms with Crippen molar-refractivity contribution in [2.75, 3.05) is 25.1 Å². The van der Waals surface area contributed by atoms with E-state index in [4.69, 9.17) is 9.47 Å². The van der Waals surface area contributed by atoms with Crippen LogP contribution in [0.3, 0.4) is 0 Å². The lowest BCUT2D eigenvalue weighted by molar-refractivity contribution is -0.121. The molecule has 2 aliphatic rings. The zero-order valence-electron chi connectivity index (χ0n) is 10.6. The molecule has 0 bridgehead atoms. The third kappa shape index (κ3) is 3.27. The Bertz CT molecular complexity index is 439. The van der Waals surface area contributed by atoms with Crippen LogP contribution in [0.15, 0.2) is 0 Å². The number of carbonyl (C=O) groups is 1. The van der Waals surface area contributed by atoms with Gasteiger partial charge in [0, 0.05) is 6.61 Å². The van der Waals surface area contributed by atoms with Crippen molar-refractivity contribution in [3.63, 3.8) is 0 Å². The van der Waals surface area contributed by atoms with E-state index in [0.29, 0.717) is 18.6 Å². The van der Waals surface area contributed by atoms with Crippen LogP contribution in [0, 0.1) is 0 Å². The van der Waals surface area contributed by atoms with Crippen molar-refractivity contribution in [2.24, 2.45) is 0 Å². The molecule has 1 aromatic rings. The summed E-state index contributed by atoms with van der Waals surface area (Å²) in [6.45, 7) is 1.24. The van der Waals surface area contributed by atoms with E-state index in [1.807, 2.05) is 0 Å². The van der Waals surface area contributed by atoms with Gasteiger partial charge in [0.05, 0.1) is 18.8 Å². The quantitative estimate of drug-likeness (QED) is 0.788. The summed E-state index contributed by atoms with van der Waals surface area (Å²) < 4.78 is 12.4. The number of hydrogen-bond acceptors (Lipinski definition) is 6. The first-order valence-electron chi connectivity index (χ1n) is 6.60. The van der Waals surface area contributed by atoms with E-state index in [0.717, 1.165) is 32.3 Å². The molecular weight excluding hydrogens is 250 g/mol. The first kappa shape index (κ1) is 12.5. The lowest BCUT2D eigenvalue weighted by atomic mass is 10.2. The standard InChI is InChI=1S/C11H17N5O3/c17-10(7-18-6-9-2-1-5-19-9)12-11-13-14-15-16(11)8-3-4-8/h8-9H,1-7H2,(H,12,13,15,17). The monoisotopic (exact) mass is 267 g/mol. The summed E-state index contributed by atoms with van der Waals surface area (Å²) in [7, 11) is 0. The van der Waals surface area contributed by atoms with Gasteiger partial charge >= 0.3 is 0 Å². The van der Waals surface area contributed by atoms with Gasteiger partial charge in [-0.3, -0.25) is 10.1 Å². The molecule has 2 fully saturated rings. The van der Waals surface area contributed by atoms with E-state index in [9.17, 15) is 4.79 Å². The van der Waals surface area contributed by atoms with Crippen molar-refractivity contribution < 1.29 is 14.3 Å². The van der Waals surface area contributed by atoms with E-state index in [1.54, 1.807) is 4.68 Å². The normalized spacial score (nSPS) is 22.6. The van der Waals surface area contributed by atoms with Crippen molar-refractivity contribution in [1.82, 2.24) is 20.2 Å². The molecule has 8 nitrogen and oxygen atoms in total. The maximum Gasteiger partial charge on any atom is 0.252 e. The maximum absolute atomic E-state index is 11.7. The van der Waals surface area contributed by atoms with Gasteiger partial charge in [-0.15, -0.1) is 0 Å². The second kappa shape index (κ2) is 5.62. The molecule has 1 saturated carbocycles. The topological polar surface area (TPSA) is 91.2 Å². The molecule has 19 heavy (non-hydrogen) atoms. The Morgan fingerprint density at radius 1 is 1.47 bits per heavy atom. The number of nitrogens with one attached hydrogen (secondary N) is 1. The Morgan fingerprint density at radius 2 is 2.37 bits per heavy atom. The van der Waals surface area contributed by atoms with Crippen LogP contribution in [0.1, 0.15) is 31.7 Å². The van der Waals surface area contributed by atoms with Gasteiger partial charge in [-0.2, -0.15) is 0 Å². The first-order valence-corrected chi connectivity index (χ1v) is 6.60. The number of anilines is 1. The molecule has 8 heteroatoms. The van der Waals surface area contributed by atoms with Crippen LogP contribution in [0.25, 0.3) is 0 Å². The number of carbonyl (C=O) groups excluding carboxylic acids is 1. The molecule has 0 aromatic carbocycles. The largest absolute Gasteiger partial charge is 0.376 e. The fraction of sp³-hybridized carbons (Fsp3) is 0.818. The van der Waals surface area contributed by atoms with Gasteiger partial charge in [0.25, 0.3) is 5.91 Å². The number of nitrogens with zero attached hydrogens (tertiary/aromatic N) is 4. The Hall–Kier alpha value is -1.54. The molecule has 1 atom stereocenters. The van der Waals surface area contributed by atoms with Crippen LogP contribution < -0.4 is 5.32 Å². The van der Waals surface area contributed by atoms with Gasteiger partial charge in [0.15, 0.2) is 0 Å². The summed E-state index contributed by atoms with van der Waals surface area (Å²) in [5, 5.41) is 13.9. The van der Waals surface area contributed by atoms with Crippen LogP contribution in [0.5, 0.6) is 0 Å². The summed E-state index contributed by atoms with van der Waals surface area (Å²) in [5.74, 6) is 0.155. The second-order valence-electron chi connectivity index (χ2n) is 4.88. The van der Waals surface area contributed by atoms with Crippen LogP contribution in [-0.2, 0) is 14.3 Å². The maximum atomic E-state index is 11.7. The van der Waals surface area contributed by atoms with Crippen molar-refractivity contribution in [3.05, 3.63) is 0 Å². The van der Waals surface area contributed by atoms with Crippen molar-refractivity contribution in [1.29, 1.82) is 0 Å². The van der Waals surface area contributed by atoms with E-state index < -0.39 is 0 Å².